The van der Waals surface area contributed by atoms with Gasteiger partial charge in [0.25, 0.3) is 0 Å². The van der Waals surface area contributed by atoms with Gasteiger partial charge in [0.1, 0.15) is 55.0 Å². The number of carboxylic acid groups (broad SMARTS) is 1. The number of para-hydroxylation sites is 2. The maximum absolute atomic E-state index is 12.4. The van der Waals surface area contributed by atoms with Crippen LogP contribution in [0.15, 0.2) is 116 Å². The molecule has 0 spiro atoms. The van der Waals surface area contributed by atoms with Crippen molar-refractivity contribution in [2.75, 3.05) is 26.4 Å². The number of fused-ring (bicyclic) bond motifs is 1. The van der Waals surface area contributed by atoms with Gasteiger partial charge in [-0.3, -0.25) is 0 Å². The first-order chi connectivity index (χ1) is 21.9. The normalized spacial score (nSPS) is 11.8. The second-order valence-corrected chi connectivity index (χ2v) is 9.50. The molecule has 0 heterocycles. The first-order valence-electron chi connectivity index (χ1n) is 13.9. The van der Waals surface area contributed by atoms with Crippen LogP contribution in [0.25, 0.3) is 10.8 Å². The van der Waals surface area contributed by atoms with Crippen molar-refractivity contribution in [1.29, 1.82) is 0 Å². The lowest BCUT2D eigenvalue weighted by atomic mass is 10.0. The number of carbonyl (C=O) groups is 3. The first kappa shape index (κ1) is 32.2. The summed E-state index contributed by atoms with van der Waals surface area (Å²) in [6, 6.07) is 26.1. The SMILES string of the molecule is C=CC(=O)OC(COc1ccccc1)COc1cc(C(=O)O)c(OCC(COc2ccccc2)OC(=O)C=C)c2ccccc12. The minimum absolute atomic E-state index is 0.0234. The predicted molar refractivity (Wildman–Crippen MR) is 166 cm³/mol. The van der Waals surface area contributed by atoms with E-state index < -0.39 is 30.1 Å². The van der Waals surface area contributed by atoms with Crippen molar-refractivity contribution in [2.45, 2.75) is 12.2 Å². The van der Waals surface area contributed by atoms with Crippen molar-refractivity contribution >= 4 is 28.7 Å². The Morgan fingerprint density at radius 1 is 0.622 bits per heavy atom. The third-order valence-electron chi connectivity index (χ3n) is 6.28. The van der Waals surface area contributed by atoms with E-state index in [0.717, 1.165) is 12.2 Å². The van der Waals surface area contributed by atoms with Crippen LogP contribution < -0.4 is 18.9 Å². The van der Waals surface area contributed by atoms with Crippen LogP contribution in [0.3, 0.4) is 0 Å². The number of hydrogen-bond acceptors (Lipinski definition) is 9. The number of aromatic carboxylic acids is 1. The van der Waals surface area contributed by atoms with E-state index in [4.69, 9.17) is 28.4 Å². The summed E-state index contributed by atoms with van der Waals surface area (Å²) in [5.41, 5.74) is -0.193. The van der Waals surface area contributed by atoms with Gasteiger partial charge in [-0.2, -0.15) is 0 Å². The molecule has 0 aliphatic carbocycles. The maximum atomic E-state index is 12.4. The van der Waals surface area contributed by atoms with Gasteiger partial charge in [0, 0.05) is 22.9 Å². The fourth-order valence-corrected chi connectivity index (χ4v) is 4.18. The van der Waals surface area contributed by atoms with Crippen molar-refractivity contribution in [1.82, 2.24) is 0 Å². The fourth-order valence-electron chi connectivity index (χ4n) is 4.18. The third kappa shape index (κ3) is 9.36. The lowest BCUT2D eigenvalue weighted by Gasteiger charge is -2.22. The Bertz CT molecular complexity index is 1620. The number of carboxylic acids is 1. The minimum Gasteiger partial charge on any atom is -0.490 e. The molecule has 0 amide bonds. The molecule has 0 aliphatic heterocycles. The molecule has 0 radical (unpaired) electrons. The molecule has 0 saturated carbocycles. The zero-order chi connectivity index (χ0) is 32.0. The summed E-state index contributed by atoms with van der Waals surface area (Å²) in [5, 5.41) is 11.1. The highest BCUT2D eigenvalue weighted by Gasteiger charge is 2.23. The third-order valence-corrected chi connectivity index (χ3v) is 6.28. The second kappa shape index (κ2) is 16.2. The molecule has 0 bridgehead atoms. The van der Waals surface area contributed by atoms with E-state index in [0.29, 0.717) is 22.3 Å². The van der Waals surface area contributed by atoms with Gasteiger partial charge in [-0.15, -0.1) is 0 Å². The number of ether oxygens (including phenoxy) is 6. The van der Waals surface area contributed by atoms with Gasteiger partial charge in [-0.25, -0.2) is 14.4 Å². The largest absolute Gasteiger partial charge is 0.490 e. The molecule has 10 nitrogen and oxygen atoms in total. The molecule has 4 aromatic rings. The molecule has 0 saturated heterocycles. The molecular weight excluding hydrogens is 580 g/mol. The standard InChI is InChI=1S/C35H32O10/c1-3-32(36)44-26(20-40-24-13-7-5-8-14-24)22-42-31-19-30(35(38)39)34(29-18-12-11-17-28(29)31)43-23-27(45-33(37)4-2)21-41-25-15-9-6-10-16-25/h3-19,26-27H,1-2,20-23H2,(H,38,39). The van der Waals surface area contributed by atoms with Gasteiger partial charge in [-0.05, 0) is 30.3 Å². The number of hydrogen-bond donors (Lipinski definition) is 1. The molecule has 0 aliphatic rings. The van der Waals surface area contributed by atoms with Crippen LogP contribution in [-0.4, -0.2) is 61.6 Å². The second-order valence-electron chi connectivity index (χ2n) is 9.50. The topological polar surface area (TPSA) is 127 Å². The van der Waals surface area contributed by atoms with Gasteiger partial charge in [0.2, 0.25) is 0 Å². The molecule has 10 heteroatoms. The summed E-state index contributed by atoms with van der Waals surface area (Å²) in [6.45, 7) is 6.42. The van der Waals surface area contributed by atoms with Crippen molar-refractivity contribution in [3.8, 4) is 23.0 Å². The molecule has 4 rings (SSSR count). The fraction of sp³-hybridized carbons (Fsp3) is 0.171. The van der Waals surface area contributed by atoms with Crippen LogP contribution in [0, 0.1) is 0 Å². The average molecular weight is 613 g/mol. The van der Waals surface area contributed by atoms with E-state index in [1.54, 1.807) is 60.7 Å². The lowest BCUT2D eigenvalue weighted by Crippen LogP contribution is -2.31. The summed E-state index contributed by atoms with van der Waals surface area (Å²) in [5.74, 6) is -1.23. The molecule has 2 atom stereocenters. The molecular formula is C35H32O10. The van der Waals surface area contributed by atoms with E-state index in [1.165, 1.54) is 6.07 Å². The van der Waals surface area contributed by atoms with Crippen LogP contribution in [0.4, 0.5) is 0 Å². The Balaban J connectivity index is 1.56. The summed E-state index contributed by atoms with van der Waals surface area (Å²) < 4.78 is 34.3. The van der Waals surface area contributed by atoms with Gasteiger partial charge < -0.3 is 33.5 Å². The van der Waals surface area contributed by atoms with Crippen molar-refractivity contribution < 1.29 is 47.9 Å². The Hall–Kier alpha value is -5.77. The highest BCUT2D eigenvalue weighted by molar-refractivity contribution is 6.03. The predicted octanol–water partition coefficient (Wildman–Crippen LogP) is 5.65. The van der Waals surface area contributed by atoms with E-state index in [9.17, 15) is 19.5 Å². The monoisotopic (exact) mass is 612 g/mol. The van der Waals surface area contributed by atoms with Gasteiger partial charge in [0.05, 0.1) is 0 Å². The van der Waals surface area contributed by atoms with E-state index in [1.807, 2.05) is 24.3 Å². The van der Waals surface area contributed by atoms with Gasteiger partial charge in [0.15, 0.2) is 12.2 Å². The summed E-state index contributed by atoms with van der Waals surface area (Å²) >= 11 is 0. The van der Waals surface area contributed by atoms with Crippen LogP contribution in [0.1, 0.15) is 10.4 Å². The number of benzene rings is 4. The minimum atomic E-state index is -1.28. The molecule has 45 heavy (non-hydrogen) atoms. The van der Waals surface area contributed by atoms with Crippen molar-refractivity contribution in [2.24, 2.45) is 0 Å². The zero-order valence-corrected chi connectivity index (χ0v) is 24.3. The Kier molecular flexibility index (Phi) is 11.6. The quantitative estimate of drug-likeness (QED) is 0.118. The van der Waals surface area contributed by atoms with E-state index >= 15 is 0 Å². The van der Waals surface area contributed by atoms with Crippen LogP contribution in [0.5, 0.6) is 23.0 Å². The maximum Gasteiger partial charge on any atom is 0.339 e. The molecule has 1 N–H and O–H groups in total. The van der Waals surface area contributed by atoms with Crippen LogP contribution in [0.2, 0.25) is 0 Å². The molecule has 0 fully saturated rings. The summed E-state index contributed by atoms with van der Waals surface area (Å²) in [7, 11) is 0. The summed E-state index contributed by atoms with van der Waals surface area (Å²) in [6.07, 6.45) is 0.314. The van der Waals surface area contributed by atoms with Crippen LogP contribution >= 0.6 is 0 Å². The highest BCUT2D eigenvalue weighted by Crippen LogP contribution is 2.37. The zero-order valence-electron chi connectivity index (χ0n) is 24.3. The first-order valence-corrected chi connectivity index (χ1v) is 13.9. The number of rotatable bonds is 17. The van der Waals surface area contributed by atoms with Gasteiger partial charge >= 0.3 is 17.9 Å². The Labute approximate surface area is 260 Å². The van der Waals surface area contributed by atoms with Crippen LogP contribution in [-0.2, 0) is 19.1 Å². The molecule has 4 aromatic carbocycles. The highest BCUT2D eigenvalue weighted by atomic mass is 16.6. The number of esters is 2. The average Bonchev–Trinajstić information content (AvgIpc) is 3.07. The van der Waals surface area contributed by atoms with E-state index in [-0.39, 0.29) is 43.5 Å². The molecule has 0 aromatic heterocycles. The van der Waals surface area contributed by atoms with E-state index in [2.05, 4.69) is 13.2 Å². The van der Waals surface area contributed by atoms with Gasteiger partial charge in [-0.1, -0.05) is 73.8 Å². The molecule has 2 unspecified atom stereocenters. The smallest absolute Gasteiger partial charge is 0.339 e. The van der Waals surface area contributed by atoms with Crippen molar-refractivity contribution in [3.63, 3.8) is 0 Å². The Morgan fingerprint density at radius 2 is 1.07 bits per heavy atom. The van der Waals surface area contributed by atoms with Crippen molar-refractivity contribution in [3.05, 3.63) is 122 Å². The Morgan fingerprint density at radius 3 is 1.56 bits per heavy atom. The number of carbonyl (C=O) groups excluding carboxylic acids is 2. The summed E-state index contributed by atoms with van der Waals surface area (Å²) in [4.78, 5) is 36.4. The molecule has 232 valence electrons. The lowest BCUT2D eigenvalue weighted by molar-refractivity contribution is -0.147.